The van der Waals surface area contributed by atoms with Crippen molar-refractivity contribution in [1.82, 2.24) is 0 Å². The third kappa shape index (κ3) is 11.5. The van der Waals surface area contributed by atoms with E-state index in [1.54, 1.807) is 0 Å². The van der Waals surface area contributed by atoms with Crippen molar-refractivity contribution in [2.75, 3.05) is 13.2 Å². The van der Waals surface area contributed by atoms with Crippen molar-refractivity contribution < 1.29 is 9.47 Å². The van der Waals surface area contributed by atoms with E-state index in [9.17, 15) is 0 Å². The van der Waals surface area contributed by atoms with Gasteiger partial charge < -0.3 is 9.47 Å². The number of allylic oxidation sites excluding steroid dienone is 1. The van der Waals surface area contributed by atoms with Crippen LogP contribution in [-0.2, 0) is 9.47 Å². The highest BCUT2D eigenvalue weighted by Crippen LogP contribution is 2.20. The number of ether oxygens (including phenoxy) is 2. The van der Waals surface area contributed by atoms with Crippen LogP contribution in [0.3, 0.4) is 0 Å². The average molecular weight is 284 g/mol. The molecule has 0 fully saturated rings. The molecule has 1 atom stereocenters. The summed E-state index contributed by atoms with van der Waals surface area (Å²) in [5.74, 6) is 0.522. The van der Waals surface area contributed by atoms with Gasteiger partial charge in [0.15, 0.2) is 6.29 Å². The molecule has 1 unspecified atom stereocenters. The van der Waals surface area contributed by atoms with Gasteiger partial charge in [-0.1, -0.05) is 57.9 Å². The predicted octanol–water partition coefficient (Wildman–Crippen LogP) is 5.72. The topological polar surface area (TPSA) is 18.5 Å². The van der Waals surface area contributed by atoms with E-state index in [4.69, 9.17) is 9.47 Å². The maximum absolute atomic E-state index is 5.62. The van der Waals surface area contributed by atoms with Gasteiger partial charge in [0, 0.05) is 19.6 Å². The van der Waals surface area contributed by atoms with E-state index >= 15 is 0 Å². The quantitative estimate of drug-likeness (QED) is 0.217. The molecule has 0 aromatic rings. The fourth-order valence-corrected chi connectivity index (χ4v) is 2.50. The summed E-state index contributed by atoms with van der Waals surface area (Å²) in [6.45, 7) is 11.7. The first-order valence-electron chi connectivity index (χ1n) is 8.64. The Morgan fingerprint density at radius 2 is 1.40 bits per heavy atom. The lowest BCUT2D eigenvalue weighted by Gasteiger charge is -2.21. The van der Waals surface area contributed by atoms with Crippen LogP contribution < -0.4 is 0 Å². The van der Waals surface area contributed by atoms with E-state index in [1.807, 2.05) is 13.8 Å². The minimum absolute atomic E-state index is 0.0578. The lowest BCUT2D eigenvalue weighted by molar-refractivity contribution is -0.144. The molecule has 0 saturated heterocycles. The van der Waals surface area contributed by atoms with Gasteiger partial charge in [-0.25, -0.2) is 0 Å². The average Bonchev–Trinajstić information content (AvgIpc) is 2.45. The van der Waals surface area contributed by atoms with Gasteiger partial charge >= 0.3 is 0 Å². The Kier molecular flexibility index (Phi) is 14.8. The van der Waals surface area contributed by atoms with Crippen molar-refractivity contribution in [3.05, 3.63) is 12.7 Å². The van der Waals surface area contributed by atoms with Gasteiger partial charge in [0.25, 0.3) is 0 Å². The van der Waals surface area contributed by atoms with Crippen LogP contribution in [-0.4, -0.2) is 19.5 Å². The SMILES string of the molecule is C=CC(CCCCCCCCC)CC(OCC)OCC. The van der Waals surface area contributed by atoms with Gasteiger partial charge in [0.1, 0.15) is 0 Å². The molecular weight excluding hydrogens is 248 g/mol. The molecule has 0 N–H and O–H groups in total. The molecule has 0 heterocycles. The Balaban J connectivity index is 3.71. The van der Waals surface area contributed by atoms with Gasteiger partial charge in [-0.05, 0) is 26.2 Å². The number of rotatable bonds is 15. The Labute approximate surface area is 126 Å². The minimum Gasteiger partial charge on any atom is -0.353 e. The molecule has 0 amide bonds. The van der Waals surface area contributed by atoms with Crippen LogP contribution in [0.1, 0.15) is 78.6 Å². The smallest absolute Gasteiger partial charge is 0.158 e. The first-order valence-corrected chi connectivity index (χ1v) is 8.64. The van der Waals surface area contributed by atoms with Gasteiger partial charge in [-0.3, -0.25) is 0 Å². The molecular formula is C18H36O2. The largest absolute Gasteiger partial charge is 0.353 e. The van der Waals surface area contributed by atoms with Crippen molar-refractivity contribution in [2.24, 2.45) is 5.92 Å². The van der Waals surface area contributed by atoms with Crippen molar-refractivity contribution in [3.63, 3.8) is 0 Å². The predicted molar refractivity (Wildman–Crippen MR) is 88.0 cm³/mol. The van der Waals surface area contributed by atoms with Crippen LogP contribution >= 0.6 is 0 Å². The fourth-order valence-electron chi connectivity index (χ4n) is 2.50. The molecule has 0 aromatic heterocycles. The van der Waals surface area contributed by atoms with Crippen molar-refractivity contribution in [3.8, 4) is 0 Å². The standard InChI is InChI=1S/C18H36O2/c1-5-9-10-11-12-13-14-15-17(6-2)16-18(19-7-3)20-8-4/h6,17-18H,2,5,7-16H2,1,3-4H3. The highest BCUT2D eigenvalue weighted by Gasteiger charge is 2.14. The summed E-state index contributed by atoms with van der Waals surface area (Å²) >= 11 is 0. The Morgan fingerprint density at radius 3 is 1.90 bits per heavy atom. The van der Waals surface area contributed by atoms with Crippen molar-refractivity contribution >= 4 is 0 Å². The molecule has 0 spiro atoms. The second kappa shape index (κ2) is 15.1. The Bertz CT molecular complexity index is 198. The summed E-state index contributed by atoms with van der Waals surface area (Å²) < 4.78 is 11.2. The van der Waals surface area contributed by atoms with Crippen LogP contribution in [0.5, 0.6) is 0 Å². The molecule has 0 rings (SSSR count). The summed E-state index contributed by atoms with van der Waals surface area (Å²) in [6, 6.07) is 0. The van der Waals surface area contributed by atoms with Gasteiger partial charge in [0.05, 0.1) is 0 Å². The molecule has 0 saturated carbocycles. The Morgan fingerprint density at radius 1 is 0.850 bits per heavy atom. The second-order valence-corrected chi connectivity index (χ2v) is 5.48. The molecule has 0 radical (unpaired) electrons. The van der Waals surface area contributed by atoms with Gasteiger partial charge in [0.2, 0.25) is 0 Å². The molecule has 0 bridgehead atoms. The number of unbranched alkanes of at least 4 members (excludes halogenated alkanes) is 6. The third-order valence-electron chi connectivity index (χ3n) is 3.71. The highest BCUT2D eigenvalue weighted by atomic mass is 16.7. The molecule has 20 heavy (non-hydrogen) atoms. The number of hydrogen-bond acceptors (Lipinski definition) is 2. The van der Waals surface area contributed by atoms with E-state index in [1.165, 1.54) is 51.4 Å². The zero-order valence-electron chi connectivity index (χ0n) is 14.0. The first kappa shape index (κ1) is 19.7. The highest BCUT2D eigenvalue weighted by molar-refractivity contribution is 4.79. The zero-order chi connectivity index (χ0) is 15.1. The lowest BCUT2D eigenvalue weighted by Crippen LogP contribution is -2.20. The second-order valence-electron chi connectivity index (χ2n) is 5.48. The van der Waals surface area contributed by atoms with Crippen LogP contribution in [0.15, 0.2) is 12.7 Å². The van der Waals surface area contributed by atoms with E-state index in [-0.39, 0.29) is 6.29 Å². The van der Waals surface area contributed by atoms with Crippen molar-refractivity contribution in [2.45, 2.75) is 84.8 Å². The zero-order valence-corrected chi connectivity index (χ0v) is 14.0. The fraction of sp³-hybridized carbons (Fsp3) is 0.889. The van der Waals surface area contributed by atoms with Gasteiger partial charge in [-0.2, -0.15) is 0 Å². The van der Waals surface area contributed by atoms with Crippen LogP contribution in [0.25, 0.3) is 0 Å². The van der Waals surface area contributed by atoms with Crippen LogP contribution in [0.2, 0.25) is 0 Å². The maximum atomic E-state index is 5.62. The molecule has 0 aliphatic rings. The van der Waals surface area contributed by atoms with Crippen LogP contribution in [0, 0.1) is 5.92 Å². The normalized spacial score (nSPS) is 12.8. The molecule has 2 heteroatoms. The monoisotopic (exact) mass is 284 g/mol. The third-order valence-corrected chi connectivity index (χ3v) is 3.71. The molecule has 0 aliphatic heterocycles. The summed E-state index contributed by atoms with van der Waals surface area (Å²) in [5.41, 5.74) is 0. The molecule has 0 aliphatic carbocycles. The van der Waals surface area contributed by atoms with Crippen molar-refractivity contribution in [1.29, 1.82) is 0 Å². The van der Waals surface area contributed by atoms with E-state index < -0.39 is 0 Å². The van der Waals surface area contributed by atoms with E-state index in [2.05, 4.69) is 19.6 Å². The summed E-state index contributed by atoms with van der Waals surface area (Å²) in [6.07, 6.45) is 13.7. The van der Waals surface area contributed by atoms with Gasteiger partial charge in [-0.15, -0.1) is 6.58 Å². The van der Waals surface area contributed by atoms with Crippen LogP contribution in [0.4, 0.5) is 0 Å². The number of hydrogen-bond donors (Lipinski definition) is 0. The minimum atomic E-state index is -0.0578. The summed E-state index contributed by atoms with van der Waals surface area (Å²) in [5, 5.41) is 0. The maximum Gasteiger partial charge on any atom is 0.158 e. The molecule has 120 valence electrons. The van der Waals surface area contributed by atoms with E-state index in [0.29, 0.717) is 19.1 Å². The summed E-state index contributed by atoms with van der Waals surface area (Å²) in [7, 11) is 0. The molecule has 2 nitrogen and oxygen atoms in total. The molecule has 0 aromatic carbocycles. The first-order chi connectivity index (χ1) is 9.78. The van der Waals surface area contributed by atoms with E-state index in [0.717, 1.165) is 6.42 Å². The summed E-state index contributed by atoms with van der Waals surface area (Å²) in [4.78, 5) is 0. The Hall–Kier alpha value is -0.340. The lowest BCUT2D eigenvalue weighted by atomic mass is 9.97.